The summed E-state index contributed by atoms with van der Waals surface area (Å²) in [6.07, 6.45) is 1.26. The van der Waals surface area contributed by atoms with Gasteiger partial charge in [0.05, 0.1) is 12.9 Å². The van der Waals surface area contributed by atoms with Gasteiger partial charge in [-0.25, -0.2) is 13.1 Å². The summed E-state index contributed by atoms with van der Waals surface area (Å²) in [7, 11) is -1.72. The molecule has 0 aliphatic rings. The zero-order valence-corrected chi connectivity index (χ0v) is 13.7. The second-order valence-electron chi connectivity index (χ2n) is 4.80. The van der Waals surface area contributed by atoms with E-state index in [1.165, 1.54) is 0 Å². The van der Waals surface area contributed by atoms with Gasteiger partial charge in [-0.3, -0.25) is 0 Å². The summed E-state index contributed by atoms with van der Waals surface area (Å²) in [5.74, 6) is 1.26. The molecular weight excluding hydrogens is 298 g/mol. The molecule has 0 saturated heterocycles. The van der Waals surface area contributed by atoms with Crippen LogP contribution in [0.3, 0.4) is 0 Å². The van der Waals surface area contributed by atoms with Crippen LogP contribution in [0, 0.1) is 6.92 Å². The van der Waals surface area contributed by atoms with Gasteiger partial charge in [0, 0.05) is 17.5 Å². The monoisotopic (exact) mass is 319 g/mol. The minimum absolute atomic E-state index is 0.0954. The summed E-state index contributed by atoms with van der Waals surface area (Å²) in [5, 5.41) is 0. The largest absolute Gasteiger partial charge is 0.496 e. The molecule has 0 aliphatic carbocycles. The lowest BCUT2D eigenvalue weighted by atomic mass is 10.1. The van der Waals surface area contributed by atoms with Crippen molar-refractivity contribution in [2.24, 2.45) is 0 Å². The second kappa shape index (κ2) is 7.86. The van der Waals surface area contributed by atoms with Gasteiger partial charge >= 0.3 is 0 Å². The van der Waals surface area contributed by atoms with Crippen molar-refractivity contribution in [1.29, 1.82) is 0 Å². The van der Waals surface area contributed by atoms with Crippen molar-refractivity contribution >= 4 is 21.6 Å². The highest BCUT2D eigenvalue weighted by Gasteiger charge is 2.18. The number of benzene rings is 1. The number of ether oxygens (including phenoxy) is 1. The van der Waals surface area contributed by atoms with Crippen molar-refractivity contribution in [3.05, 3.63) is 29.3 Å². The van der Waals surface area contributed by atoms with Crippen LogP contribution in [0.15, 0.2) is 18.2 Å². The maximum atomic E-state index is 12.0. The van der Waals surface area contributed by atoms with Crippen molar-refractivity contribution in [1.82, 2.24) is 4.72 Å². The van der Waals surface area contributed by atoms with Crippen LogP contribution in [0.5, 0.6) is 5.75 Å². The molecule has 4 nitrogen and oxygen atoms in total. The first kappa shape index (κ1) is 17.3. The fraction of sp³-hybridized carbons (Fsp3) is 0.571. The Morgan fingerprint density at radius 1 is 1.35 bits per heavy atom. The molecule has 6 heteroatoms. The number of alkyl halides is 1. The lowest BCUT2D eigenvalue weighted by molar-refractivity contribution is 0.405. The van der Waals surface area contributed by atoms with Crippen molar-refractivity contribution < 1.29 is 13.2 Å². The predicted octanol–water partition coefficient (Wildman–Crippen LogP) is 3.00. The van der Waals surface area contributed by atoms with Crippen LogP contribution in [0.2, 0.25) is 0 Å². The third-order valence-electron chi connectivity index (χ3n) is 3.00. The van der Waals surface area contributed by atoms with Crippen LogP contribution in [0.25, 0.3) is 0 Å². The number of hydrogen-bond donors (Lipinski definition) is 1. The van der Waals surface area contributed by atoms with Crippen molar-refractivity contribution in [3.8, 4) is 5.75 Å². The lowest BCUT2D eigenvalue weighted by Gasteiger charge is -2.18. The quantitative estimate of drug-likeness (QED) is 0.592. The van der Waals surface area contributed by atoms with Crippen LogP contribution in [0.4, 0.5) is 0 Å². The van der Waals surface area contributed by atoms with Crippen LogP contribution >= 0.6 is 11.6 Å². The third-order valence-corrected chi connectivity index (χ3v) is 4.81. The predicted molar refractivity (Wildman–Crippen MR) is 83.0 cm³/mol. The minimum atomic E-state index is -3.30. The SMILES string of the molecule is COc1ccc(C)cc1C(C)NS(=O)(=O)CCCCCl. The van der Waals surface area contributed by atoms with Gasteiger partial charge in [-0.15, -0.1) is 11.6 Å². The zero-order chi connectivity index (χ0) is 15.2. The first-order valence-corrected chi connectivity index (χ1v) is 8.79. The van der Waals surface area contributed by atoms with Gasteiger partial charge in [-0.05, 0) is 32.8 Å². The minimum Gasteiger partial charge on any atom is -0.496 e. The van der Waals surface area contributed by atoms with E-state index >= 15 is 0 Å². The molecule has 0 aliphatic heterocycles. The number of nitrogens with one attached hydrogen (secondary N) is 1. The van der Waals surface area contributed by atoms with E-state index in [-0.39, 0.29) is 11.8 Å². The highest BCUT2D eigenvalue weighted by molar-refractivity contribution is 7.89. The standard InChI is InChI=1S/C14H22ClNO3S/c1-11-6-7-14(19-3)13(10-11)12(2)16-20(17,18)9-5-4-8-15/h6-7,10,12,16H,4-5,8-9H2,1-3H3. The van der Waals surface area contributed by atoms with Gasteiger partial charge in [0.1, 0.15) is 5.75 Å². The Morgan fingerprint density at radius 3 is 2.65 bits per heavy atom. The molecular formula is C14H22ClNO3S. The molecule has 20 heavy (non-hydrogen) atoms. The van der Waals surface area contributed by atoms with Crippen LogP contribution in [0.1, 0.15) is 36.9 Å². The molecule has 1 rings (SSSR count). The van der Waals surface area contributed by atoms with Crippen molar-refractivity contribution in [2.75, 3.05) is 18.7 Å². The van der Waals surface area contributed by atoms with E-state index in [2.05, 4.69) is 4.72 Å². The van der Waals surface area contributed by atoms with E-state index in [0.717, 1.165) is 11.1 Å². The Hall–Kier alpha value is -0.780. The molecule has 1 aromatic carbocycles. The van der Waals surface area contributed by atoms with Gasteiger partial charge in [0.2, 0.25) is 10.0 Å². The van der Waals surface area contributed by atoms with Crippen LogP contribution in [-0.2, 0) is 10.0 Å². The molecule has 1 unspecified atom stereocenters. The average Bonchev–Trinajstić information content (AvgIpc) is 2.38. The summed E-state index contributed by atoms with van der Waals surface area (Å²) in [6.45, 7) is 3.78. The molecule has 0 fully saturated rings. The molecule has 0 amide bonds. The molecule has 0 spiro atoms. The van der Waals surface area contributed by atoms with E-state index in [1.807, 2.05) is 32.0 Å². The Kier molecular flexibility index (Phi) is 6.79. The van der Waals surface area contributed by atoms with Crippen molar-refractivity contribution in [3.63, 3.8) is 0 Å². The number of unbranched alkanes of at least 4 members (excludes halogenated alkanes) is 1. The molecule has 0 saturated carbocycles. The summed E-state index contributed by atoms with van der Waals surface area (Å²) < 4.78 is 31.9. The average molecular weight is 320 g/mol. The van der Waals surface area contributed by atoms with E-state index in [0.29, 0.717) is 24.5 Å². The molecule has 0 heterocycles. The zero-order valence-electron chi connectivity index (χ0n) is 12.1. The van der Waals surface area contributed by atoms with E-state index in [4.69, 9.17) is 16.3 Å². The van der Waals surface area contributed by atoms with E-state index in [9.17, 15) is 8.42 Å². The maximum Gasteiger partial charge on any atom is 0.212 e. The Morgan fingerprint density at radius 2 is 2.05 bits per heavy atom. The van der Waals surface area contributed by atoms with E-state index in [1.54, 1.807) is 7.11 Å². The first-order valence-electron chi connectivity index (χ1n) is 6.60. The summed E-state index contributed by atoms with van der Waals surface area (Å²) >= 11 is 5.56. The van der Waals surface area contributed by atoms with Crippen LogP contribution in [-0.4, -0.2) is 27.2 Å². The summed E-state index contributed by atoms with van der Waals surface area (Å²) in [6, 6.07) is 5.39. The number of rotatable bonds is 8. The van der Waals surface area contributed by atoms with Crippen LogP contribution < -0.4 is 9.46 Å². The number of methoxy groups -OCH3 is 1. The highest BCUT2D eigenvalue weighted by atomic mass is 35.5. The summed E-state index contributed by atoms with van der Waals surface area (Å²) in [5.41, 5.74) is 1.91. The fourth-order valence-corrected chi connectivity index (χ4v) is 3.53. The molecule has 1 atom stereocenters. The summed E-state index contributed by atoms with van der Waals surface area (Å²) in [4.78, 5) is 0. The van der Waals surface area contributed by atoms with E-state index < -0.39 is 10.0 Å². The number of aryl methyl sites for hydroxylation is 1. The number of sulfonamides is 1. The smallest absolute Gasteiger partial charge is 0.212 e. The third kappa shape index (κ3) is 5.31. The van der Waals surface area contributed by atoms with Crippen molar-refractivity contribution in [2.45, 2.75) is 32.7 Å². The fourth-order valence-electron chi connectivity index (χ4n) is 1.97. The second-order valence-corrected chi connectivity index (χ2v) is 7.05. The Balaban J connectivity index is 2.80. The molecule has 114 valence electrons. The van der Waals surface area contributed by atoms with Gasteiger partial charge in [-0.1, -0.05) is 17.7 Å². The Bertz CT molecular complexity index is 531. The maximum absolute atomic E-state index is 12.0. The highest BCUT2D eigenvalue weighted by Crippen LogP contribution is 2.26. The molecule has 0 aromatic heterocycles. The van der Waals surface area contributed by atoms with Gasteiger partial charge in [-0.2, -0.15) is 0 Å². The van der Waals surface area contributed by atoms with Gasteiger partial charge in [0.25, 0.3) is 0 Å². The normalized spacial score (nSPS) is 13.2. The van der Waals surface area contributed by atoms with Gasteiger partial charge < -0.3 is 4.74 Å². The number of halogens is 1. The molecule has 1 N–H and O–H groups in total. The Labute approximate surface area is 126 Å². The molecule has 1 aromatic rings. The molecule has 0 bridgehead atoms. The lowest BCUT2D eigenvalue weighted by Crippen LogP contribution is -2.29. The topological polar surface area (TPSA) is 55.4 Å². The number of hydrogen-bond acceptors (Lipinski definition) is 3. The first-order chi connectivity index (χ1) is 9.39. The molecule has 0 radical (unpaired) electrons. The van der Waals surface area contributed by atoms with Gasteiger partial charge in [0.15, 0.2) is 0 Å².